The molecule has 1 aromatic heterocycles. The van der Waals surface area contributed by atoms with E-state index in [-0.39, 0.29) is 30.2 Å². The maximum absolute atomic E-state index is 12.4. The van der Waals surface area contributed by atoms with Crippen molar-refractivity contribution in [2.24, 2.45) is 5.92 Å². The van der Waals surface area contributed by atoms with Gasteiger partial charge in [-0.3, -0.25) is 9.69 Å². The maximum Gasteiger partial charge on any atom is 0.227 e. The molecular formula is C21H26N2O6S. The Kier molecular flexibility index (Phi) is 5.97. The van der Waals surface area contributed by atoms with E-state index in [0.29, 0.717) is 25.3 Å². The summed E-state index contributed by atoms with van der Waals surface area (Å²) in [4.78, 5) is 14.6. The summed E-state index contributed by atoms with van der Waals surface area (Å²) >= 11 is 0. The summed E-state index contributed by atoms with van der Waals surface area (Å²) in [5, 5.41) is 10.2. The van der Waals surface area contributed by atoms with Gasteiger partial charge >= 0.3 is 0 Å². The van der Waals surface area contributed by atoms with E-state index in [1.165, 1.54) is 27.8 Å². The van der Waals surface area contributed by atoms with E-state index in [2.05, 4.69) is 17.0 Å². The Hall–Kier alpha value is -2.20. The number of hydrogen-bond acceptors (Lipinski definition) is 7. The van der Waals surface area contributed by atoms with E-state index < -0.39 is 16.1 Å². The molecule has 1 fully saturated rings. The molecule has 2 aliphatic heterocycles. The van der Waals surface area contributed by atoms with Gasteiger partial charge in [0.25, 0.3) is 0 Å². The highest BCUT2D eigenvalue weighted by molar-refractivity contribution is 7.88. The summed E-state index contributed by atoms with van der Waals surface area (Å²) in [6.07, 6.45) is 2.08. The molecule has 162 valence electrons. The fraction of sp³-hybridized carbons (Fsp3) is 0.476. The van der Waals surface area contributed by atoms with Gasteiger partial charge in [0.15, 0.2) is 0 Å². The van der Waals surface area contributed by atoms with Gasteiger partial charge < -0.3 is 14.3 Å². The summed E-state index contributed by atoms with van der Waals surface area (Å²) in [6, 6.07) is 9.71. The highest BCUT2D eigenvalue weighted by Crippen LogP contribution is 2.24. The molecule has 1 N–H and O–H groups in total. The van der Waals surface area contributed by atoms with Crippen LogP contribution in [-0.2, 0) is 29.7 Å². The molecule has 0 amide bonds. The molecule has 0 radical (unpaired) electrons. The van der Waals surface area contributed by atoms with Crippen molar-refractivity contribution in [3.63, 3.8) is 0 Å². The van der Waals surface area contributed by atoms with Crippen molar-refractivity contribution >= 4 is 10.0 Å². The molecule has 2 aliphatic rings. The van der Waals surface area contributed by atoms with Crippen LogP contribution in [-0.4, -0.2) is 54.8 Å². The van der Waals surface area contributed by atoms with Crippen LogP contribution in [0.15, 0.2) is 45.8 Å². The average molecular weight is 435 g/mol. The third-order valence-corrected chi connectivity index (χ3v) is 7.01. The van der Waals surface area contributed by atoms with Gasteiger partial charge in [-0.05, 0) is 17.5 Å². The zero-order valence-electron chi connectivity index (χ0n) is 16.9. The second-order valence-electron chi connectivity index (χ2n) is 8.04. The number of fused-ring (bicyclic) bond motifs is 1. The number of hydrogen-bond donors (Lipinski definition) is 1. The van der Waals surface area contributed by atoms with Gasteiger partial charge in [0.1, 0.15) is 12.0 Å². The number of benzene rings is 1. The molecule has 2 unspecified atom stereocenters. The molecular weight excluding hydrogens is 408 g/mol. The smallest absolute Gasteiger partial charge is 0.227 e. The second kappa shape index (κ2) is 8.50. The van der Waals surface area contributed by atoms with Crippen molar-refractivity contribution in [3.05, 3.63) is 63.7 Å². The van der Waals surface area contributed by atoms with Gasteiger partial charge in [0.05, 0.1) is 25.5 Å². The lowest BCUT2D eigenvalue weighted by Gasteiger charge is -2.34. The third-order valence-electron chi connectivity index (χ3n) is 5.74. The van der Waals surface area contributed by atoms with Gasteiger partial charge in [-0.15, -0.1) is 0 Å². The molecule has 30 heavy (non-hydrogen) atoms. The number of β-amino-alcohol motifs (C(OH)–C–C–N with tert-alkyl or cyclic N) is 1. The Morgan fingerprint density at radius 3 is 2.53 bits per heavy atom. The molecule has 0 bridgehead atoms. The predicted octanol–water partition coefficient (Wildman–Crippen LogP) is 1.18. The van der Waals surface area contributed by atoms with Crippen molar-refractivity contribution in [2.45, 2.75) is 32.2 Å². The van der Waals surface area contributed by atoms with Gasteiger partial charge in [0.2, 0.25) is 21.2 Å². The van der Waals surface area contributed by atoms with Gasteiger partial charge in [-0.2, -0.15) is 4.31 Å². The van der Waals surface area contributed by atoms with Crippen LogP contribution in [0.1, 0.15) is 23.3 Å². The van der Waals surface area contributed by atoms with Crippen LogP contribution in [0, 0.1) is 5.92 Å². The van der Waals surface area contributed by atoms with Crippen molar-refractivity contribution in [1.82, 2.24) is 9.21 Å². The lowest BCUT2D eigenvalue weighted by molar-refractivity contribution is 0.0273. The lowest BCUT2D eigenvalue weighted by atomic mass is 9.96. The molecule has 0 saturated carbocycles. The van der Waals surface area contributed by atoms with Gasteiger partial charge in [-0.25, -0.2) is 8.42 Å². The summed E-state index contributed by atoms with van der Waals surface area (Å²) in [5.74, 6) is 0.424. The molecule has 0 aliphatic carbocycles. The highest BCUT2D eigenvalue weighted by Gasteiger charge is 2.32. The van der Waals surface area contributed by atoms with Gasteiger partial charge in [-0.1, -0.05) is 24.3 Å². The number of nitrogens with zero attached hydrogens (tertiary/aromatic N) is 2. The summed E-state index contributed by atoms with van der Waals surface area (Å²) in [5.41, 5.74) is 2.32. The van der Waals surface area contributed by atoms with Crippen molar-refractivity contribution in [1.29, 1.82) is 0 Å². The first kappa shape index (κ1) is 21.0. The predicted molar refractivity (Wildman–Crippen MR) is 110 cm³/mol. The van der Waals surface area contributed by atoms with Crippen LogP contribution in [0.5, 0.6) is 5.75 Å². The Labute approximate surface area is 175 Å². The SMILES string of the molecule is CS(=O)(=O)N1CCC(COc2coc(CN3Cc4ccccc4C3)cc2=O)C(O)C1. The van der Waals surface area contributed by atoms with E-state index in [1.54, 1.807) is 0 Å². The number of sulfonamides is 1. The number of aliphatic hydroxyl groups is 1. The Morgan fingerprint density at radius 1 is 1.23 bits per heavy atom. The van der Waals surface area contributed by atoms with Crippen LogP contribution >= 0.6 is 0 Å². The van der Waals surface area contributed by atoms with E-state index in [1.807, 2.05) is 12.1 Å². The fourth-order valence-electron chi connectivity index (χ4n) is 4.01. The zero-order chi connectivity index (χ0) is 21.3. The minimum atomic E-state index is -3.32. The fourth-order valence-corrected chi connectivity index (χ4v) is 4.87. The summed E-state index contributed by atoms with van der Waals surface area (Å²) in [6.45, 7) is 2.68. The molecule has 1 saturated heterocycles. The average Bonchev–Trinajstić information content (AvgIpc) is 3.09. The van der Waals surface area contributed by atoms with Crippen molar-refractivity contribution < 1.29 is 22.7 Å². The van der Waals surface area contributed by atoms with E-state index in [9.17, 15) is 18.3 Å². The maximum atomic E-state index is 12.4. The topological polar surface area (TPSA) is 100 Å². The van der Waals surface area contributed by atoms with Crippen LogP contribution in [0.2, 0.25) is 0 Å². The molecule has 2 aromatic rings. The second-order valence-corrected chi connectivity index (χ2v) is 10.0. The largest absolute Gasteiger partial charge is 0.486 e. The molecule has 3 heterocycles. The first-order valence-electron chi connectivity index (χ1n) is 9.96. The quantitative estimate of drug-likeness (QED) is 0.729. The zero-order valence-corrected chi connectivity index (χ0v) is 17.7. The lowest BCUT2D eigenvalue weighted by Crippen LogP contribution is -2.47. The number of ether oxygens (including phenoxy) is 1. The van der Waals surface area contributed by atoms with Crippen LogP contribution in [0.25, 0.3) is 0 Å². The van der Waals surface area contributed by atoms with Gasteiger partial charge in [0, 0.05) is 38.2 Å². The summed E-state index contributed by atoms with van der Waals surface area (Å²) in [7, 11) is -3.32. The Morgan fingerprint density at radius 2 is 1.93 bits per heavy atom. The first-order valence-corrected chi connectivity index (χ1v) is 11.8. The third kappa shape index (κ3) is 4.75. The van der Waals surface area contributed by atoms with E-state index in [0.717, 1.165) is 19.3 Å². The van der Waals surface area contributed by atoms with E-state index >= 15 is 0 Å². The van der Waals surface area contributed by atoms with Crippen LogP contribution in [0.3, 0.4) is 0 Å². The molecule has 0 spiro atoms. The Balaban J connectivity index is 1.32. The van der Waals surface area contributed by atoms with Crippen molar-refractivity contribution in [2.75, 3.05) is 26.0 Å². The summed E-state index contributed by atoms with van der Waals surface area (Å²) < 4.78 is 35.7. The minimum Gasteiger partial charge on any atom is -0.486 e. The Bertz CT molecular complexity index is 1040. The highest BCUT2D eigenvalue weighted by atomic mass is 32.2. The molecule has 8 nitrogen and oxygen atoms in total. The molecule has 4 rings (SSSR count). The van der Waals surface area contributed by atoms with Crippen LogP contribution < -0.4 is 10.2 Å². The first-order chi connectivity index (χ1) is 14.3. The van der Waals surface area contributed by atoms with E-state index in [4.69, 9.17) is 9.15 Å². The minimum absolute atomic E-state index is 0.0403. The van der Waals surface area contributed by atoms with Crippen molar-refractivity contribution in [3.8, 4) is 5.75 Å². The monoisotopic (exact) mass is 434 g/mol. The molecule has 9 heteroatoms. The number of piperidine rings is 1. The normalized spacial score (nSPS) is 22.7. The number of aliphatic hydroxyl groups excluding tert-OH is 1. The standard InChI is InChI=1S/C21H26N2O6S/c1-30(26,27)23-7-6-17(20(25)12-23)13-29-21-14-28-18(8-19(21)24)11-22-9-15-4-2-3-5-16(15)10-22/h2-5,8,14,17,20,25H,6-7,9-13H2,1H3. The van der Waals surface area contributed by atoms with Crippen LogP contribution in [0.4, 0.5) is 0 Å². The molecule has 1 aromatic carbocycles. The number of rotatable bonds is 6. The molecule has 2 atom stereocenters.